The van der Waals surface area contributed by atoms with Gasteiger partial charge in [0.25, 0.3) is 0 Å². The molecule has 1 fully saturated rings. The Bertz CT molecular complexity index is 408. The highest BCUT2D eigenvalue weighted by atomic mass is 14.7. The maximum Gasteiger partial charge on any atom is 0.0424 e. The van der Waals surface area contributed by atoms with Crippen LogP contribution in [0, 0.1) is 16.2 Å². The van der Waals surface area contributed by atoms with Gasteiger partial charge in [-0.25, -0.2) is 0 Å². The van der Waals surface area contributed by atoms with E-state index in [0.29, 0.717) is 10.8 Å². The number of hydrogen-bond donors (Lipinski definition) is 1. The molecule has 18 heavy (non-hydrogen) atoms. The van der Waals surface area contributed by atoms with E-state index < -0.39 is 0 Å². The van der Waals surface area contributed by atoms with E-state index in [9.17, 15) is 0 Å². The lowest BCUT2D eigenvalue weighted by Gasteiger charge is -2.55. The van der Waals surface area contributed by atoms with Crippen LogP contribution < -0.4 is 5.73 Å². The second-order valence-electron chi connectivity index (χ2n) is 6.35. The second-order valence-corrected chi connectivity index (χ2v) is 6.35. The third kappa shape index (κ3) is 1.73. The molecule has 3 rings (SSSR count). The number of nitrogens with two attached hydrogens (primary N) is 1. The summed E-state index contributed by atoms with van der Waals surface area (Å²) in [5.41, 5.74) is 6.71. The van der Waals surface area contributed by atoms with E-state index in [1.807, 2.05) is 0 Å². The van der Waals surface area contributed by atoms with Crippen LogP contribution in [0.5, 0.6) is 0 Å². The number of allylic oxidation sites excluding steroid dienone is 8. The maximum atomic E-state index is 5.94. The van der Waals surface area contributed by atoms with E-state index >= 15 is 0 Å². The van der Waals surface area contributed by atoms with Crippen molar-refractivity contribution in [3.05, 3.63) is 48.6 Å². The van der Waals surface area contributed by atoms with Crippen LogP contribution in [-0.2, 0) is 0 Å². The van der Waals surface area contributed by atoms with E-state index in [4.69, 9.17) is 5.73 Å². The van der Waals surface area contributed by atoms with Gasteiger partial charge in [0.15, 0.2) is 0 Å². The van der Waals surface area contributed by atoms with Gasteiger partial charge in [0.05, 0.1) is 0 Å². The molecule has 0 aromatic carbocycles. The van der Waals surface area contributed by atoms with E-state index in [1.165, 1.54) is 19.3 Å². The first-order chi connectivity index (χ1) is 8.66. The zero-order valence-corrected chi connectivity index (χ0v) is 11.2. The van der Waals surface area contributed by atoms with Crippen LogP contribution in [0.1, 0.15) is 32.6 Å². The molecule has 0 amide bonds. The largest absolute Gasteiger partial charge is 0.330 e. The summed E-state index contributed by atoms with van der Waals surface area (Å²) < 4.78 is 0. The van der Waals surface area contributed by atoms with Gasteiger partial charge >= 0.3 is 0 Å². The summed E-state index contributed by atoms with van der Waals surface area (Å²) in [7, 11) is 0. The third-order valence-electron chi connectivity index (χ3n) is 5.08. The van der Waals surface area contributed by atoms with Crippen molar-refractivity contribution in [3.63, 3.8) is 0 Å². The lowest BCUT2D eigenvalue weighted by molar-refractivity contribution is 0.0333. The summed E-state index contributed by atoms with van der Waals surface area (Å²) in [5, 5.41) is 0. The van der Waals surface area contributed by atoms with Gasteiger partial charge in [0.1, 0.15) is 0 Å². The Balaban J connectivity index is 1.76. The van der Waals surface area contributed by atoms with Crippen molar-refractivity contribution in [2.75, 3.05) is 6.54 Å². The smallest absolute Gasteiger partial charge is 0.0424 e. The molecule has 3 aliphatic carbocycles. The molecule has 1 nitrogen and oxygen atoms in total. The van der Waals surface area contributed by atoms with Crippen molar-refractivity contribution in [1.82, 2.24) is 0 Å². The molecule has 0 aromatic heterocycles. The average molecular weight is 241 g/mol. The minimum absolute atomic E-state index is 0.0662. The Labute approximate surface area is 110 Å². The molecular weight excluding hydrogens is 218 g/mol. The summed E-state index contributed by atoms with van der Waals surface area (Å²) in [6, 6.07) is 0. The summed E-state index contributed by atoms with van der Waals surface area (Å²) in [6.45, 7) is 3.10. The van der Waals surface area contributed by atoms with Gasteiger partial charge in [0, 0.05) is 10.8 Å². The third-order valence-corrected chi connectivity index (χ3v) is 5.08. The SMILES string of the molecule is CCC1(CN)CC2(C=CC3(C=CCC=C3)C=C2)C1. The van der Waals surface area contributed by atoms with Crippen LogP contribution in [0.3, 0.4) is 0 Å². The molecule has 2 spiro atoms. The Kier molecular flexibility index (Phi) is 2.63. The van der Waals surface area contributed by atoms with Crippen molar-refractivity contribution in [3.8, 4) is 0 Å². The quantitative estimate of drug-likeness (QED) is 0.732. The molecule has 1 heteroatoms. The molecule has 3 aliphatic rings. The molecule has 2 N–H and O–H groups in total. The fourth-order valence-corrected chi connectivity index (χ4v) is 3.75. The molecular formula is C17H23N. The first kappa shape index (κ1) is 12.0. The molecule has 0 aliphatic heterocycles. The van der Waals surface area contributed by atoms with Crippen molar-refractivity contribution < 1.29 is 0 Å². The number of hydrogen-bond acceptors (Lipinski definition) is 1. The van der Waals surface area contributed by atoms with Crippen molar-refractivity contribution in [2.45, 2.75) is 32.6 Å². The van der Waals surface area contributed by atoms with Crippen LogP contribution in [0.4, 0.5) is 0 Å². The van der Waals surface area contributed by atoms with Crippen molar-refractivity contribution in [2.24, 2.45) is 22.0 Å². The highest BCUT2D eigenvalue weighted by molar-refractivity contribution is 5.40. The van der Waals surface area contributed by atoms with E-state index in [0.717, 1.165) is 13.0 Å². The van der Waals surface area contributed by atoms with Crippen LogP contribution in [0.2, 0.25) is 0 Å². The molecule has 0 saturated heterocycles. The molecule has 0 radical (unpaired) electrons. The molecule has 0 heterocycles. The fraction of sp³-hybridized carbons (Fsp3) is 0.529. The predicted octanol–water partition coefficient (Wildman–Crippen LogP) is 3.75. The van der Waals surface area contributed by atoms with Crippen LogP contribution >= 0.6 is 0 Å². The van der Waals surface area contributed by atoms with Gasteiger partial charge in [-0.15, -0.1) is 0 Å². The summed E-state index contributed by atoms with van der Waals surface area (Å²) in [6.07, 6.45) is 23.4. The van der Waals surface area contributed by atoms with Crippen molar-refractivity contribution in [1.29, 1.82) is 0 Å². The molecule has 0 aromatic rings. The zero-order valence-electron chi connectivity index (χ0n) is 11.2. The second kappa shape index (κ2) is 3.96. The standard InChI is InChI=1S/C17H23N/c1-2-15(14-18)12-17(13-15)10-8-16(9-11-17)6-4-3-5-7-16/h4-11H,2-3,12-14,18H2,1H3. The Morgan fingerprint density at radius 1 is 0.944 bits per heavy atom. The maximum absolute atomic E-state index is 5.94. The average Bonchev–Trinajstić information content (AvgIpc) is 2.39. The van der Waals surface area contributed by atoms with Gasteiger partial charge in [-0.2, -0.15) is 0 Å². The topological polar surface area (TPSA) is 26.0 Å². The monoisotopic (exact) mass is 241 g/mol. The summed E-state index contributed by atoms with van der Waals surface area (Å²) in [5.74, 6) is 0. The molecule has 0 unspecified atom stereocenters. The van der Waals surface area contributed by atoms with Gasteiger partial charge in [0.2, 0.25) is 0 Å². The lowest BCUT2D eigenvalue weighted by atomic mass is 9.50. The Morgan fingerprint density at radius 3 is 2.06 bits per heavy atom. The Morgan fingerprint density at radius 2 is 1.56 bits per heavy atom. The van der Waals surface area contributed by atoms with Crippen LogP contribution in [0.15, 0.2) is 48.6 Å². The minimum atomic E-state index is 0.0662. The van der Waals surface area contributed by atoms with E-state index in [1.54, 1.807) is 0 Å². The van der Waals surface area contributed by atoms with E-state index in [-0.39, 0.29) is 5.41 Å². The van der Waals surface area contributed by atoms with E-state index in [2.05, 4.69) is 55.5 Å². The first-order valence-corrected chi connectivity index (χ1v) is 7.12. The predicted molar refractivity (Wildman–Crippen MR) is 77.1 cm³/mol. The minimum Gasteiger partial charge on any atom is -0.330 e. The molecule has 0 atom stereocenters. The van der Waals surface area contributed by atoms with Gasteiger partial charge in [-0.3, -0.25) is 0 Å². The Hall–Kier alpha value is -1.08. The van der Waals surface area contributed by atoms with Crippen LogP contribution in [-0.4, -0.2) is 6.54 Å². The number of rotatable bonds is 2. The molecule has 1 saturated carbocycles. The highest BCUT2D eigenvalue weighted by Gasteiger charge is 2.51. The lowest BCUT2D eigenvalue weighted by Crippen LogP contribution is -2.49. The zero-order chi connectivity index (χ0) is 12.7. The first-order valence-electron chi connectivity index (χ1n) is 7.12. The highest BCUT2D eigenvalue weighted by Crippen LogP contribution is 2.59. The van der Waals surface area contributed by atoms with Gasteiger partial charge in [-0.1, -0.05) is 55.5 Å². The summed E-state index contributed by atoms with van der Waals surface area (Å²) in [4.78, 5) is 0. The fourth-order valence-electron chi connectivity index (χ4n) is 3.75. The van der Waals surface area contributed by atoms with Crippen LogP contribution in [0.25, 0.3) is 0 Å². The summed E-state index contributed by atoms with van der Waals surface area (Å²) >= 11 is 0. The van der Waals surface area contributed by atoms with Gasteiger partial charge < -0.3 is 5.73 Å². The van der Waals surface area contributed by atoms with Crippen molar-refractivity contribution >= 4 is 0 Å². The molecule has 96 valence electrons. The normalized spacial score (nSPS) is 28.8. The van der Waals surface area contributed by atoms with Gasteiger partial charge in [-0.05, 0) is 37.6 Å². The molecule has 0 bridgehead atoms.